The fourth-order valence-corrected chi connectivity index (χ4v) is 2.07. The van der Waals surface area contributed by atoms with Gasteiger partial charge in [-0.25, -0.2) is 17.2 Å². The molecule has 4 nitrogen and oxygen atoms in total. The maximum Gasteiger partial charge on any atom is 0.252 e. The van der Waals surface area contributed by atoms with Gasteiger partial charge < -0.3 is 5.11 Å². The Kier molecular flexibility index (Phi) is 5.82. The molecule has 84 valence electrons. The van der Waals surface area contributed by atoms with Crippen LogP contribution in [0.3, 0.4) is 0 Å². The van der Waals surface area contributed by atoms with Gasteiger partial charge in [0.15, 0.2) is 0 Å². The van der Waals surface area contributed by atoms with Crippen molar-refractivity contribution in [2.24, 2.45) is 0 Å². The van der Waals surface area contributed by atoms with Crippen LogP contribution in [-0.4, -0.2) is 49.7 Å². The lowest BCUT2D eigenvalue weighted by molar-refractivity contribution is 0.113. The Morgan fingerprint density at radius 3 is 2.43 bits per heavy atom. The second-order valence-electron chi connectivity index (χ2n) is 2.54. The predicted molar refractivity (Wildman–Crippen MR) is 48.6 cm³/mol. The monoisotopic (exact) mass is 229 g/mol. The number of hydrogen-bond donors (Lipinski definition) is 1. The third-order valence-corrected chi connectivity index (χ3v) is 3.19. The first-order chi connectivity index (χ1) is 6.44. The summed E-state index contributed by atoms with van der Waals surface area (Å²) in [4.78, 5) is 0. The smallest absolute Gasteiger partial charge is 0.252 e. The van der Waals surface area contributed by atoms with Crippen LogP contribution in [0.4, 0.5) is 8.78 Å². The average Bonchev–Trinajstić information content (AvgIpc) is 2.02. The SMILES string of the molecule is C=CCS(=O)(=O)N(CCO)CC(F)F. The van der Waals surface area contributed by atoms with Gasteiger partial charge in [0.1, 0.15) is 0 Å². The summed E-state index contributed by atoms with van der Waals surface area (Å²) in [6.45, 7) is 1.52. The van der Waals surface area contributed by atoms with Gasteiger partial charge >= 0.3 is 0 Å². The van der Waals surface area contributed by atoms with Crippen LogP contribution in [0.15, 0.2) is 12.7 Å². The molecule has 7 heteroatoms. The standard InChI is InChI=1S/C7H13F2NO3S/c1-2-5-14(12,13)10(3-4-11)6-7(8)9/h2,7,11H,1,3-6H2. The van der Waals surface area contributed by atoms with Crippen LogP contribution in [0.1, 0.15) is 0 Å². The Morgan fingerprint density at radius 2 is 2.07 bits per heavy atom. The zero-order valence-electron chi connectivity index (χ0n) is 7.57. The fourth-order valence-electron chi connectivity index (χ4n) is 0.864. The van der Waals surface area contributed by atoms with Gasteiger partial charge in [0, 0.05) is 6.54 Å². The van der Waals surface area contributed by atoms with Gasteiger partial charge in [-0.05, 0) is 0 Å². The van der Waals surface area contributed by atoms with E-state index in [1.54, 1.807) is 0 Å². The maximum atomic E-state index is 12.0. The molecule has 0 heterocycles. The summed E-state index contributed by atoms with van der Waals surface area (Å²) in [6.07, 6.45) is -1.63. The van der Waals surface area contributed by atoms with Crippen LogP contribution in [0, 0.1) is 0 Å². The van der Waals surface area contributed by atoms with E-state index in [-0.39, 0.29) is 6.54 Å². The molecule has 0 atom stereocenters. The summed E-state index contributed by atoms with van der Waals surface area (Å²) < 4.78 is 47.0. The van der Waals surface area contributed by atoms with Crippen LogP contribution < -0.4 is 0 Å². The Labute approximate surface area is 81.9 Å². The molecule has 0 amide bonds. The fraction of sp³-hybridized carbons (Fsp3) is 0.714. The third kappa shape index (κ3) is 4.64. The minimum Gasteiger partial charge on any atom is -0.395 e. The highest BCUT2D eigenvalue weighted by Crippen LogP contribution is 2.05. The number of aliphatic hydroxyl groups is 1. The highest BCUT2D eigenvalue weighted by molar-refractivity contribution is 7.89. The Bertz CT molecular complexity index is 266. The molecule has 0 fully saturated rings. The molecule has 0 aromatic rings. The Balaban J connectivity index is 4.54. The van der Waals surface area contributed by atoms with Crippen LogP contribution in [0.5, 0.6) is 0 Å². The summed E-state index contributed by atoms with van der Waals surface area (Å²) in [6, 6.07) is 0. The van der Waals surface area contributed by atoms with Crippen molar-refractivity contribution >= 4 is 10.0 Å². The lowest BCUT2D eigenvalue weighted by atomic mass is 10.6. The first-order valence-corrected chi connectivity index (χ1v) is 5.52. The van der Waals surface area contributed by atoms with Crippen molar-refractivity contribution in [2.75, 3.05) is 25.4 Å². The summed E-state index contributed by atoms with van der Waals surface area (Å²) >= 11 is 0. The van der Waals surface area contributed by atoms with Gasteiger partial charge in [-0.3, -0.25) is 0 Å². The highest BCUT2D eigenvalue weighted by Gasteiger charge is 2.23. The first kappa shape index (κ1) is 13.5. The zero-order chi connectivity index (χ0) is 11.2. The summed E-state index contributed by atoms with van der Waals surface area (Å²) in [5.41, 5.74) is 0. The van der Waals surface area contributed by atoms with E-state index in [9.17, 15) is 17.2 Å². The molecule has 0 saturated carbocycles. The van der Waals surface area contributed by atoms with E-state index in [4.69, 9.17) is 5.11 Å². The topological polar surface area (TPSA) is 57.6 Å². The van der Waals surface area contributed by atoms with Crippen molar-refractivity contribution in [1.29, 1.82) is 0 Å². The van der Waals surface area contributed by atoms with Crippen LogP contribution in [0.25, 0.3) is 0 Å². The molecular formula is C7H13F2NO3S. The molecule has 0 spiro atoms. The average molecular weight is 229 g/mol. The number of alkyl halides is 2. The molecule has 0 aromatic heterocycles. The molecule has 0 unspecified atom stereocenters. The molecule has 0 aliphatic carbocycles. The van der Waals surface area contributed by atoms with E-state index < -0.39 is 35.4 Å². The molecule has 0 saturated heterocycles. The maximum absolute atomic E-state index is 12.0. The van der Waals surface area contributed by atoms with E-state index >= 15 is 0 Å². The van der Waals surface area contributed by atoms with E-state index in [0.29, 0.717) is 4.31 Å². The Morgan fingerprint density at radius 1 is 1.50 bits per heavy atom. The van der Waals surface area contributed by atoms with Gasteiger partial charge in [0.25, 0.3) is 6.43 Å². The number of aliphatic hydroxyl groups excluding tert-OH is 1. The molecule has 0 rings (SSSR count). The number of sulfonamides is 1. The van der Waals surface area contributed by atoms with Crippen molar-refractivity contribution in [3.8, 4) is 0 Å². The molecule has 0 radical (unpaired) electrons. The van der Waals surface area contributed by atoms with Gasteiger partial charge in [-0.15, -0.1) is 6.58 Å². The van der Waals surface area contributed by atoms with Gasteiger partial charge in [-0.1, -0.05) is 6.08 Å². The predicted octanol–water partition coefficient (Wildman–Crippen LogP) is 0.0616. The molecule has 0 aliphatic heterocycles. The van der Waals surface area contributed by atoms with Crippen molar-refractivity contribution in [3.05, 3.63) is 12.7 Å². The zero-order valence-corrected chi connectivity index (χ0v) is 8.38. The van der Waals surface area contributed by atoms with Crippen molar-refractivity contribution in [1.82, 2.24) is 4.31 Å². The highest BCUT2D eigenvalue weighted by atomic mass is 32.2. The molecule has 0 bridgehead atoms. The van der Waals surface area contributed by atoms with Gasteiger partial charge in [0.05, 0.1) is 18.9 Å². The lowest BCUT2D eigenvalue weighted by Gasteiger charge is -2.19. The second kappa shape index (κ2) is 6.05. The van der Waals surface area contributed by atoms with E-state index in [1.807, 2.05) is 0 Å². The molecular weight excluding hydrogens is 216 g/mol. The summed E-state index contributed by atoms with van der Waals surface area (Å²) in [5.74, 6) is -0.403. The lowest BCUT2D eigenvalue weighted by Crippen LogP contribution is -2.38. The summed E-state index contributed by atoms with van der Waals surface area (Å²) in [5, 5.41) is 8.50. The van der Waals surface area contributed by atoms with Gasteiger partial charge in [-0.2, -0.15) is 4.31 Å². The van der Waals surface area contributed by atoms with Crippen LogP contribution in [-0.2, 0) is 10.0 Å². The number of halogens is 2. The van der Waals surface area contributed by atoms with E-state index in [1.165, 1.54) is 0 Å². The first-order valence-electron chi connectivity index (χ1n) is 3.91. The van der Waals surface area contributed by atoms with Crippen LogP contribution in [0.2, 0.25) is 0 Å². The minimum atomic E-state index is -3.75. The summed E-state index contributed by atoms with van der Waals surface area (Å²) in [7, 11) is -3.75. The molecule has 0 aromatic carbocycles. The van der Waals surface area contributed by atoms with E-state index in [2.05, 4.69) is 6.58 Å². The normalized spacial score (nSPS) is 12.4. The quantitative estimate of drug-likeness (QED) is 0.628. The van der Waals surface area contributed by atoms with Crippen LogP contribution >= 0.6 is 0 Å². The number of hydrogen-bond acceptors (Lipinski definition) is 3. The van der Waals surface area contributed by atoms with Crippen molar-refractivity contribution < 1.29 is 22.3 Å². The number of nitrogens with zero attached hydrogens (tertiary/aromatic N) is 1. The molecule has 0 aliphatic rings. The molecule has 14 heavy (non-hydrogen) atoms. The minimum absolute atomic E-state index is 0.319. The second-order valence-corrected chi connectivity index (χ2v) is 4.55. The van der Waals surface area contributed by atoms with Gasteiger partial charge in [0.2, 0.25) is 10.0 Å². The van der Waals surface area contributed by atoms with Crippen molar-refractivity contribution in [2.45, 2.75) is 6.43 Å². The van der Waals surface area contributed by atoms with Crippen molar-refractivity contribution in [3.63, 3.8) is 0 Å². The number of rotatable bonds is 7. The third-order valence-electron chi connectivity index (χ3n) is 1.41. The largest absolute Gasteiger partial charge is 0.395 e. The Hall–Kier alpha value is -0.530. The van der Waals surface area contributed by atoms with E-state index in [0.717, 1.165) is 6.08 Å². The molecule has 1 N–H and O–H groups in total.